The zero-order chi connectivity index (χ0) is 32.0. The highest BCUT2D eigenvalue weighted by molar-refractivity contribution is 7.71. The van der Waals surface area contributed by atoms with E-state index in [9.17, 15) is 20.0 Å². The minimum absolute atomic E-state index is 0.0879. The largest absolute Gasteiger partial charge is 0.387 e. The van der Waals surface area contributed by atoms with Gasteiger partial charge in [0.1, 0.15) is 51.1 Å². The number of ether oxygens (including phenoxy) is 2. The lowest BCUT2D eigenvalue weighted by molar-refractivity contribution is -0.0428. The highest BCUT2D eigenvalue weighted by atomic mass is 32.1. The van der Waals surface area contributed by atoms with E-state index in [1.807, 2.05) is 0 Å². The van der Waals surface area contributed by atoms with Crippen molar-refractivity contribution in [2.45, 2.75) is 49.4 Å². The second kappa shape index (κ2) is 13.5. The van der Waals surface area contributed by atoms with Crippen LogP contribution in [0.3, 0.4) is 0 Å². The maximum atomic E-state index is 10.8. The number of nitrogens with two attached hydrogens (primary N) is 2. The number of aromatic nitrogens is 6. The first-order valence-corrected chi connectivity index (χ1v) is 16.4. The summed E-state index contributed by atoms with van der Waals surface area (Å²) < 4.78 is 36.8. The highest BCUT2D eigenvalue weighted by Gasteiger charge is 2.48. The summed E-state index contributed by atoms with van der Waals surface area (Å²) in [5.41, 5.74) is 13.0. The lowest BCUT2D eigenvalue weighted by atomic mass is 10.1. The molecule has 45 heavy (non-hydrogen) atoms. The summed E-state index contributed by atoms with van der Waals surface area (Å²) in [6.07, 6.45) is -5.04. The van der Waals surface area contributed by atoms with Gasteiger partial charge in [-0.25, -0.2) is 4.98 Å². The van der Waals surface area contributed by atoms with Crippen molar-refractivity contribution in [3.05, 3.63) is 15.6 Å². The van der Waals surface area contributed by atoms with Crippen LogP contribution in [0.5, 0.6) is 0 Å². The number of aliphatic hydroxyl groups is 2. The molecule has 2 saturated heterocycles. The van der Waals surface area contributed by atoms with E-state index in [2.05, 4.69) is 30.2 Å². The number of anilines is 4. The molecule has 0 saturated carbocycles. The number of nitrogens with one attached hydrogen (secondary N) is 3. The third kappa shape index (κ3) is 6.62. The van der Waals surface area contributed by atoms with Gasteiger partial charge in [0, 0.05) is 13.5 Å². The smallest absolute Gasteiger partial charge is 0.332 e. The maximum Gasteiger partial charge on any atom is 0.332 e. The average molecular weight is 709 g/mol. The van der Waals surface area contributed by atoms with E-state index in [1.54, 1.807) is 9.47 Å². The van der Waals surface area contributed by atoms with Gasteiger partial charge in [-0.1, -0.05) is 24.4 Å². The molecular weight excluding hydrogens is 678 g/mol. The normalized spacial score (nSPS) is 28.7. The van der Waals surface area contributed by atoms with E-state index in [0.29, 0.717) is 32.0 Å². The van der Waals surface area contributed by atoms with E-state index >= 15 is 0 Å². The van der Waals surface area contributed by atoms with Gasteiger partial charge in [-0.2, -0.15) is 9.97 Å². The topological polar surface area (TPSA) is 279 Å². The molecule has 6 heterocycles. The van der Waals surface area contributed by atoms with Gasteiger partial charge in [-0.15, -0.1) is 0 Å². The molecule has 3 aromatic heterocycles. The molecule has 2 fully saturated rings. The molecule has 24 heteroatoms. The first kappa shape index (κ1) is 32.7. The first-order chi connectivity index (χ1) is 21.5. The fraction of sp³-hybridized carbons (Fsp3) is 0.571. The van der Waals surface area contributed by atoms with Crippen LogP contribution < -0.4 is 21.7 Å². The van der Waals surface area contributed by atoms with Gasteiger partial charge in [0.2, 0.25) is 11.9 Å². The van der Waals surface area contributed by atoms with Gasteiger partial charge in [0.15, 0.2) is 17.7 Å². The van der Waals surface area contributed by atoms with Gasteiger partial charge in [0.05, 0.1) is 32.3 Å². The number of aliphatic hydroxyl groups excluding tert-OH is 2. The summed E-state index contributed by atoms with van der Waals surface area (Å²) in [6.45, 7) is -0.228. The zero-order valence-corrected chi connectivity index (χ0v) is 26.7. The SMILES string of the molecule is COP(OCC1OC(N2CNc3c2nc(N)[nH]c3=S)C(O)C1O)OC1CC(n2cnc3c(=S)[nH]c(N)nc32)OC1COP(O)O. The van der Waals surface area contributed by atoms with Crippen LogP contribution in [0.25, 0.3) is 11.2 Å². The van der Waals surface area contributed by atoms with Crippen LogP contribution in [0.1, 0.15) is 12.6 Å². The van der Waals surface area contributed by atoms with Crippen molar-refractivity contribution in [1.82, 2.24) is 29.5 Å². The Morgan fingerprint density at radius 1 is 1.04 bits per heavy atom. The molecule has 0 aliphatic carbocycles. The van der Waals surface area contributed by atoms with Crippen LogP contribution in [0, 0.1) is 9.28 Å². The zero-order valence-electron chi connectivity index (χ0n) is 23.3. The molecule has 0 amide bonds. The fourth-order valence-corrected chi connectivity index (χ4v) is 6.98. The second-order valence-corrected chi connectivity index (χ2v) is 12.9. The van der Waals surface area contributed by atoms with Gasteiger partial charge >= 0.3 is 17.2 Å². The molecule has 11 N–H and O–H groups in total. The molecule has 8 unspecified atom stereocenters. The number of aromatic amines is 2. The fourth-order valence-electron chi connectivity index (χ4n) is 5.22. The van der Waals surface area contributed by atoms with Crippen LogP contribution in [0.15, 0.2) is 6.33 Å². The molecule has 246 valence electrons. The predicted octanol–water partition coefficient (Wildman–Crippen LogP) is 0.233. The molecular formula is C21H30N10O10P2S2. The molecule has 0 aromatic carbocycles. The minimum atomic E-state index is -2.66. The number of hydrogen-bond acceptors (Lipinski definition) is 19. The first-order valence-electron chi connectivity index (χ1n) is 13.3. The lowest BCUT2D eigenvalue weighted by Crippen LogP contribution is -2.44. The van der Waals surface area contributed by atoms with E-state index in [0.717, 1.165) is 0 Å². The van der Waals surface area contributed by atoms with Gasteiger partial charge in [0.25, 0.3) is 0 Å². The Kier molecular flexibility index (Phi) is 9.77. The molecule has 20 nitrogen and oxygen atoms in total. The average Bonchev–Trinajstić information content (AvgIpc) is 3.76. The van der Waals surface area contributed by atoms with Crippen molar-refractivity contribution < 1.29 is 47.6 Å². The van der Waals surface area contributed by atoms with Gasteiger partial charge in [-0.3, -0.25) is 4.57 Å². The Bertz CT molecular complexity index is 1650. The predicted molar refractivity (Wildman–Crippen MR) is 163 cm³/mol. The third-order valence-corrected chi connectivity index (χ3v) is 9.35. The number of imidazole rings is 1. The van der Waals surface area contributed by atoms with Crippen molar-refractivity contribution in [2.24, 2.45) is 0 Å². The van der Waals surface area contributed by atoms with Crippen molar-refractivity contribution in [2.75, 3.05) is 48.7 Å². The quantitative estimate of drug-likeness (QED) is 0.0952. The summed E-state index contributed by atoms with van der Waals surface area (Å²) in [6, 6.07) is 0. The number of fused-ring (bicyclic) bond motifs is 2. The Labute approximate surface area is 266 Å². The molecule has 3 aromatic rings. The number of H-pyrrole nitrogens is 2. The van der Waals surface area contributed by atoms with Crippen LogP contribution in [0.2, 0.25) is 0 Å². The molecule has 3 aliphatic rings. The Morgan fingerprint density at radius 2 is 1.78 bits per heavy atom. The second-order valence-electron chi connectivity index (χ2n) is 10.0. The van der Waals surface area contributed by atoms with E-state index in [4.69, 9.17) is 63.5 Å². The monoisotopic (exact) mass is 708 g/mol. The van der Waals surface area contributed by atoms with Crippen molar-refractivity contribution >= 4 is 76.2 Å². The summed E-state index contributed by atoms with van der Waals surface area (Å²) in [5.74, 6) is 0.561. The Balaban J connectivity index is 1.12. The van der Waals surface area contributed by atoms with Crippen LogP contribution in [-0.2, 0) is 27.6 Å². The van der Waals surface area contributed by atoms with Crippen molar-refractivity contribution in [1.29, 1.82) is 0 Å². The molecule has 0 spiro atoms. The molecule has 8 atom stereocenters. The van der Waals surface area contributed by atoms with Crippen LogP contribution in [-0.4, -0.2) is 113 Å². The maximum absolute atomic E-state index is 10.8. The number of nitrogens with zero attached hydrogens (tertiary/aromatic N) is 5. The number of rotatable bonds is 11. The van der Waals surface area contributed by atoms with E-state index < -0.39 is 60.2 Å². The Morgan fingerprint density at radius 3 is 2.53 bits per heavy atom. The molecule has 0 radical (unpaired) electrons. The van der Waals surface area contributed by atoms with Gasteiger partial charge in [-0.05, 0) is 0 Å². The summed E-state index contributed by atoms with van der Waals surface area (Å²) >= 11 is 10.6. The summed E-state index contributed by atoms with van der Waals surface area (Å²) in [4.78, 5) is 38.6. The van der Waals surface area contributed by atoms with Crippen molar-refractivity contribution in [3.63, 3.8) is 0 Å². The molecule has 6 rings (SSSR count). The molecule has 0 bridgehead atoms. The third-order valence-electron chi connectivity index (χ3n) is 7.27. The highest BCUT2D eigenvalue weighted by Crippen LogP contribution is 2.46. The summed E-state index contributed by atoms with van der Waals surface area (Å²) in [7, 11) is -3.34. The lowest BCUT2D eigenvalue weighted by Gasteiger charge is -2.27. The van der Waals surface area contributed by atoms with Crippen LogP contribution in [0.4, 0.5) is 23.4 Å². The van der Waals surface area contributed by atoms with E-state index in [-0.39, 0.29) is 38.2 Å². The number of hydrogen-bond donors (Lipinski definition) is 9. The molecule has 3 aliphatic heterocycles. The summed E-state index contributed by atoms with van der Waals surface area (Å²) in [5, 5.41) is 24.7. The minimum Gasteiger partial charge on any atom is -0.387 e. The van der Waals surface area contributed by atoms with Crippen molar-refractivity contribution in [3.8, 4) is 0 Å². The standard InChI is InChI=1S/C21H30N10O10P2S2/c1-36-43(38-4-9-13(32)14(33)19(40-9)31-6-25-12-16(31)27-21(23)29-18(12)45)41-7-2-10(39-8(7)3-37-42(34)35)30-5-24-11-15(30)26-20(22)28-17(11)44/h5,7-10,13-14,19,25,32-35H,2-4,6H2,1H3,(H3,22,26,28,44)(H3,23,27,29,45). The van der Waals surface area contributed by atoms with Crippen LogP contribution >= 0.6 is 41.6 Å². The van der Waals surface area contributed by atoms with Gasteiger partial charge < -0.3 is 79.2 Å². The van der Waals surface area contributed by atoms with E-state index in [1.165, 1.54) is 13.4 Å². The number of nitrogen functional groups attached to an aromatic ring is 2. The Hall–Kier alpha value is -2.27.